The van der Waals surface area contributed by atoms with Crippen LogP contribution in [0.4, 0.5) is 11.4 Å². The molecule has 2 aromatic rings. The number of nitrogens with zero attached hydrogens (tertiary/aromatic N) is 3. The van der Waals surface area contributed by atoms with Gasteiger partial charge in [0.2, 0.25) is 5.91 Å². The Labute approximate surface area is 209 Å². The van der Waals surface area contributed by atoms with Crippen molar-refractivity contribution in [1.29, 1.82) is 0 Å². The largest absolute Gasteiger partial charge is 0.380 e. The molecule has 2 N–H and O–H groups in total. The Hall–Kier alpha value is -3.33. The molecule has 2 saturated heterocycles. The number of nitrogens with one attached hydrogen (secondary N) is 2. The summed E-state index contributed by atoms with van der Waals surface area (Å²) in [6.45, 7) is 3.20. The molecule has 0 aliphatic carbocycles. The van der Waals surface area contributed by atoms with Crippen molar-refractivity contribution in [2.45, 2.75) is 37.0 Å². The molecular formula is C26H29N5O3S. The van der Waals surface area contributed by atoms with Crippen LogP contribution in [0.1, 0.15) is 36.0 Å². The predicted octanol–water partition coefficient (Wildman–Crippen LogP) is 3.44. The van der Waals surface area contributed by atoms with Crippen molar-refractivity contribution in [1.82, 2.24) is 9.80 Å². The molecule has 3 aliphatic heterocycles. The Morgan fingerprint density at radius 1 is 0.971 bits per heavy atom. The first-order chi connectivity index (χ1) is 17.0. The first kappa shape index (κ1) is 23.4. The van der Waals surface area contributed by atoms with Crippen LogP contribution in [0.5, 0.6) is 0 Å². The molecule has 2 atom stereocenters. The molecule has 182 valence electrons. The number of thioether (sulfide) groups is 1. The molecule has 35 heavy (non-hydrogen) atoms. The lowest BCUT2D eigenvalue weighted by atomic mass is 10.1. The van der Waals surface area contributed by atoms with Crippen LogP contribution in [0.25, 0.3) is 0 Å². The number of amidine groups is 1. The quantitative estimate of drug-likeness (QED) is 0.643. The van der Waals surface area contributed by atoms with Crippen molar-refractivity contribution in [2.24, 2.45) is 4.99 Å². The van der Waals surface area contributed by atoms with Gasteiger partial charge in [-0.3, -0.25) is 14.4 Å². The Kier molecular flexibility index (Phi) is 7.03. The lowest BCUT2D eigenvalue weighted by Gasteiger charge is -2.18. The smallest absolute Gasteiger partial charge is 0.262 e. The summed E-state index contributed by atoms with van der Waals surface area (Å²) in [6.07, 6.45) is 3.20. The maximum Gasteiger partial charge on any atom is 0.262 e. The van der Waals surface area contributed by atoms with E-state index in [4.69, 9.17) is 0 Å². The number of amides is 3. The van der Waals surface area contributed by atoms with E-state index in [1.165, 1.54) is 11.8 Å². The van der Waals surface area contributed by atoms with Crippen molar-refractivity contribution in [3.63, 3.8) is 0 Å². The third-order valence-electron chi connectivity index (χ3n) is 6.51. The average Bonchev–Trinajstić information content (AvgIpc) is 3.62. The highest BCUT2D eigenvalue weighted by atomic mass is 32.2. The Morgan fingerprint density at radius 2 is 1.71 bits per heavy atom. The highest BCUT2D eigenvalue weighted by Crippen LogP contribution is 2.29. The van der Waals surface area contributed by atoms with Crippen LogP contribution in [0.15, 0.2) is 59.6 Å². The monoisotopic (exact) mass is 491 g/mol. The van der Waals surface area contributed by atoms with Crippen molar-refractivity contribution in [3.8, 4) is 0 Å². The third kappa shape index (κ3) is 5.67. The van der Waals surface area contributed by atoms with Gasteiger partial charge in [0, 0.05) is 55.6 Å². The zero-order valence-electron chi connectivity index (χ0n) is 19.5. The minimum atomic E-state index is -0.473. The van der Waals surface area contributed by atoms with Crippen LogP contribution in [-0.2, 0) is 9.59 Å². The standard InChI is InChI=1S/C26H29N5O3S/c32-23(16-22-24(33)29-26(35-22)30-13-4-5-14-30)28-20-10-8-18(9-11-20)25(34)31-15-12-21(17-31)27-19-6-2-1-3-7-19/h1-3,6-11,21-22,27H,4-5,12-17H2,(H,28,32). The van der Waals surface area contributed by atoms with Gasteiger partial charge in [0.1, 0.15) is 5.25 Å². The van der Waals surface area contributed by atoms with Gasteiger partial charge in [-0.05, 0) is 55.7 Å². The summed E-state index contributed by atoms with van der Waals surface area (Å²) in [7, 11) is 0. The molecule has 8 nitrogen and oxygen atoms in total. The Bertz CT molecular complexity index is 1120. The molecule has 2 unspecified atom stereocenters. The minimum Gasteiger partial charge on any atom is -0.380 e. The van der Waals surface area contributed by atoms with Crippen LogP contribution >= 0.6 is 11.8 Å². The topological polar surface area (TPSA) is 94.1 Å². The van der Waals surface area contributed by atoms with Crippen molar-refractivity contribution in [2.75, 3.05) is 36.8 Å². The van der Waals surface area contributed by atoms with E-state index in [1.807, 2.05) is 35.2 Å². The predicted molar refractivity (Wildman–Crippen MR) is 139 cm³/mol. The highest BCUT2D eigenvalue weighted by Gasteiger charge is 2.34. The molecule has 3 heterocycles. The number of anilines is 2. The van der Waals surface area contributed by atoms with Gasteiger partial charge in [0.25, 0.3) is 11.8 Å². The molecular weight excluding hydrogens is 462 g/mol. The number of carbonyl (C=O) groups is 3. The minimum absolute atomic E-state index is 0.0141. The van der Waals surface area contributed by atoms with E-state index in [1.54, 1.807) is 24.3 Å². The Morgan fingerprint density at radius 3 is 2.46 bits per heavy atom. The molecule has 0 bridgehead atoms. The second-order valence-electron chi connectivity index (χ2n) is 9.11. The van der Waals surface area contributed by atoms with Gasteiger partial charge in [0.05, 0.1) is 0 Å². The molecule has 5 rings (SSSR count). The van der Waals surface area contributed by atoms with Gasteiger partial charge in [-0.1, -0.05) is 30.0 Å². The van der Waals surface area contributed by atoms with E-state index in [9.17, 15) is 14.4 Å². The number of benzene rings is 2. The van der Waals surface area contributed by atoms with Crippen LogP contribution in [-0.4, -0.2) is 70.2 Å². The maximum atomic E-state index is 12.9. The number of hydrogen-bond acceptors (Lipinski definition) is 6. The summed E-state index contributed by atoms with van der Waals surface area (Å²) in [5.74, 6) is -0.486. The normalized spacial score (nSPS) is 21.8. The molecule has 9 heteroatoms. The number of para-hydroxylation sites is 1. The maximum absolute atomic E-state index is 12.9. The van der Waals surface area contributed by atoms with Gasteiger partial charge < -0.3 is 20.4 Å². The SMILES string of the molecule is O=C(CC1SC(N2CCCC2)=NC1=O)Nc1ccc(C(=O)N2CCC(Nc3ccccc3)C2)cc1. The second kappa shape index (κ2) is 10.5. The molecule has 0 spiro atoms. The van der Waals surface area contributed by atoms with Gasteiger partial charge >= 0.3 is 0 Å². The zero-order valence-corrected chi connectivity index (χ0v) is 20.3. The number of hydrogen-bond donors (Lipinski definition) is 2. The van der Waals surface area contributed by atoms with E-state index in [0.29, 0.717) is 24.3 Å². The number of carbonyl (C=O) groups excluding carboxylic acids is 3. The second-order valence-corrected chi connectivity index (χ2v) is 10.3. The summed E-state index contributed by atoms with van der Waals surface area (Å²) in [5.41, 5.74) is 2.25. The Balaban J connectivity index is 1.10. The van der Waals surface area contributed by atoms with E-state index in [-0.39, 0.29) is 30.2 Å². The van der Waals surface area contributed by atoms with E-state index in [0.717, 1.165) is 43.2 Å². The van der Waals surface area contributed by atoms with Gasteiger partial charge in [-0.25, -0.2) is 0 Å². The van der Waals surface area contributed by atoms with Crippen molar-refractivity contribution in [3.05, 3.63) is 60.2 Å². The molecule has 2 aromatic carbocycles. The molecule has 3 aliphatic rings. The molecule has 3 amide bonds. The van der Waals surface area contributed by atoms with Crippen LogP contribution in [0.2, 0.25) is 0 Å². The summed E-state index contributed by atoms with van der Waals surface area (Å²) >= 11 is 1.39. The molecule has 0 saturated carbocycles. The lowest BCUT2D eigenvalue weighted by Crippen LogP contribution is -2.31. The van der Waals surface area contributed by atoms with E-state index >= 15 is 0 Å². The highest BCUT2D eigenvalue weighted by molar-refractivity contribution is 8.15. The summed E-state index contributed by atoms with van der Waals surface area (Å²) in [6, 6.07) is 17.2. The van der Waals surface area contributed by atoms with Crippen molar-refractivity contribution < 1.29 is 14.4 Å². The van der Waals surface area contributed by atoms with Gasteiger partial charge in [0.15, 0.2) is 5.17 Å². The fraction of sp³-hybridized carbons (Fsp3) is 0.385. The molecule has 0 radical (unpaired) electrons. The van der Waals surface area contributed by atoms with Crippen LogP contribution in [0.3, 0.4) is 0 Å². The number of aliphatic imine (C=N–C) groups is 1. The molecule has 2 fully saturated rings. The lowest BCUT2D eigenvalue weighted by molar-refractivity contribution is -0.121. The molecule has 0 aromatic heterocycles. The van der Waals surface area contributed by atoms with E-state index < -0.39 is 5.25 Å². The number of rotatable bonds is 6. The van der Waals surface area contributed by atoms with Gasteiger partial charge in [-0.15, -0.1) is 0 Å². The third-order valence-corrected chi connectivity index (χ3v) is 7.73. The first-order valence-electron chi connectivity index (χ1n) is 12.1. The van der Waals surface area contributed by atoms with Crippen molar-refractivity contribution >= 4 is 46.0 Å². The fourth-order valence-electron chi connectivity index (χ4n) is 4.64. The van der Waals surface area contributed by atoms with Crippen LogP contribution < -0.4 is 10.6 Å². The zero-order chi connectivity index (χ0) is 24.2. The summed E-state index contributed by atoms with van der Waals surface area (Å²) < 4.78 is 0. The van der Waals surface area contributed by atoms with E-state index in [2.05, 4.69) is 20.5 Å². The van der Waals surface area contributed by atoms with Gasteiger partial charge in [-0.2, -0.15) is 4.99 Å². The van der Waals surface area contributed by atoms with Crippen LogP contribution in [0, 0.1) is 0 Å². The average molecular weight is 492 g/mol. The fourth-order valence-corrected chi connectivity index (χ4v) is 5.76. The first-order valence-corrected chi connectivity index (χ1v) is 13.0. The number of likely N-dealkylation sites (tertiary alicyclic amines) is 2. The summed E-state index contributed by atoms with van der Waals surface area (Å²) in [5, 5.41) is 6.59. The summed E-state index contributed by atoms with van der Waals surface area (Å²) in [4.78, 5) is 45.8.